The number of rotatable bonds is 3. The average molecular weight is 396 g/mol. The highest BCUT2D eigenvalue weighted by Crippen LogP contribution is 2.15. The molecule has 1 fully saturated rings. The van der Waals surface area contributed by atoms with Gasteiger partial charge < -0.3 is 10.2 Å². The van der Waals surface area contributed by atoms with Crippen LogP contribution in [-0.2, 0) is 0 Å². The third-order valence-corrected chi connectivity index (χ3v) is 4.99. The van der Waals surface area contributed by atoms with Crippen LogP contribution in [0.25, 0.3) is 0 Å². The molecule has 2 N–H and O–H groups in total. The highest BCUT2D eigenvalue weighted by molar-refractivity contribution is 7.80. The standard InChI is InChI=1S/C22H25N3O2S/c1-16-7-6-8-18(15-16)20(26)24-22(28)23-19-11-9-17(10-12-19)21(27)25-13-4-2-3-5-14-25/h6-12,15H,2-5,13-14H2,1H3,(H2,23,24,26,28). The second kappa shape index (κ2) is 9.46. The number of aryl methyl sites for hydroxylation is 1. The smallest absolute Gasteiger partial charge is 0.257 e. The van der Waals surface area contributed by atoms with Crippen LogP contribution in [0.5, 0.6) is 0 Å². The van der Waals surface area contributed by atoms with Crippen molar-refractivity contribution in [3.05, 3.63) is 65.2 Å². The zero-order valence-electron chi connectivity index (χ0n) is 16.0. The first kappa shape index (κ1) is 20.0. The molecule has 5 nitrogen and oxygen atoms in total. The summed E-state index contributed by atoms with van der Waals surface area (Å²) in [6.45, 7) is 3.59. The Morgan fingerprint density at radius 1 is 0.929 bits per heavy atom. The molecule has 0 aliphatic carbocycles. The van der Waals surface area contributed by atoms with Crippen molar-refractivity contribution in [3.63, 3.8) is 0 Å². The lowest BCUT2D eigenvalue weighted by Gasteiger charge is -2.20. The van der Waals surface area contributed by atoms with Crippen molar-refractivity contribution in [1.82, 2.24) is 10.2 Å². The van der Waals surface area contributed by atoms with Crippen LogP contribution >= 0.6 is 12.2 Å². The van der Waals surface area contributed by atoms with Crippen LogP contribution in [0.4, 0.5) is 5.69 Å². The summed E-state index contributed by atoms with van der Waals surface area (Å²) in [6, 6.07) is 14.5. The number of carbonyl (C=O) groups excluding carboxylic acids is 2. The Kier molecular flexibility index (Phi) is 6.76. The summed E-state index contributed by atoms with van der Waals surface area (Å²) >= 11 is 5.23. The van der Waals surface area contributed by atoms with Crippen LogP contribution < -0.4 is 10.6 Å². The lowest BCUT2D eigenvalue weighted by atomic mass is 10.1. The van der Waals surface area contributed by atoms with E-state index in [1.165, 1.54) is 12.8 Å². The molecule has 0 aromatic heterocycles. The number of hydrogen-bond acceptors (Lipinski definition) is 3. The molecule has 28 heavy (non-hydrogen) atoms. The van der Waals surface area contributed by atoms with Crippen LogP contribution in [0.3, 0.4) is 0 Å². The minimum Gasteiger partial charge on any atom is -0.339 e. The van der Waals surface area contributed by atoms with Crippen molar-refractivity contribution in [2.24, 2.45) is 0 Å². The average Bonchev–Trinajstić information content (AvgIpc) is 2.97. The Morgan fingerprint density at radius 3 is 2.25 bits per heavy atom. The molecule has 6 heteroatoms. The third kappa shape index (κ3) is 5.39. The molecule has 1 heterocycles. The summed E-state index contributed by atoms with van der Waals surface area (Å²) < 4.78 is 0. The molecule has 3 rings (SSSR count). The molecular weight excluding hydrogens is 370 g/mol. The van der Waals surface area contributed by atoms with Gasteiger partial charge in [0.05, 0.1) is 0 Å². The molecule has 2 aromatic rings. The van der Waals surface area contributed by atoms with E-state index in [-0.39, 0.29) is 16.9 Å². The van der Waals surface area contributed by atoms with Gasteiger partial charge in [0.2, 0.25) is 0 Å². The van der Waals surface area contributed by atoms with E-state index in [1.807, 2.05) is 24.0 Å². The van der Waals surface area contributed by atoms with Gasteiger partial charge in [-0.25, -0.2) is 0 Å². The van der Waals surface area contributed by atoms with Crippen LogP contribution in [-0.4, -0.2) is 34.9 Å². The minimum atomic E-state index is -0.255. The number of benzene rings is 2. The van der Waals surface area contributed by atoms with E-state index in [0.29, 0.717) is 11.1 Å². The number of nitrogens with zero attached hydrogens (tertiary/aromatic N) is 1. The van der Waals surface area contributed by atoms with Gasteiger partial charge in [0.25, 0.3) is 11.8 Å². The molecular formula is C22H25N3O2S. The third-order valence-electron chi connectivity index (χ3n) is 4.79. The van der Waals surface area contributed by atoms with Crippen molar-refractivity contribution in [1.29, 1.82) is 0 Å². The van der Waals surface area contributed by atoms with E-state index in [4.69, 9.17) is 12.2 Å². The lowest BCUT2D eigenvalue weighted by Crippen LogP contribution is -2.34. The van der Waals surface area contributed by atoms with Gasteiger partial charge in [0, 0.05) is 29.9 Å². The molecule has 0 atom stereocenters. The number of carbonyl (C=O) groups is 2. The minimum absolute atomic E-state index is 0.0729. The van der Waals surface area contributed by atoms with Gasteiger partial charge in [-0.15, -0.1) is 0 Å². The van der Waals surface area contributed by atoms with Crippen molar-refractivity contribution in [2.45, 2.75) is 32.6 Å². The number of anilines is 1. The predicted octanol–water partition coefficient (Wildman–Crippen LogP) is 4.14. The summed E-state index contributed by atoms with van der Waals surface area (Å²) in [5, 5.41) is 5.88. The normalized spacial score (nSPS) is 14.1. The number of hydrogen-bond donors (Lipinski definition) is 2. The molecule has 0 bridgehead atoms. The number of nitrogens with one attached hydrogen (secondary N) is 2. The van der Waals surface area contributed by atoms with Crippen molar-refractivity contribution in [3.8, 4) is 0 Å². The first-order chi connectivity index (χ1) is 13.5. The Morgan fingerprint density at radius 2 is 1.61 bits per heavy atom. The Labute approximate surface area is 171 Å². The largest absolute Gasteiger partial charge is 0.339 e. The highest BCUT2D eigenvalue weighted by atomic mass is 32.1. The first-order valence-electron chi connectivity index (χ1n) is 9.61. The van der Waals surface area contributed by atoms with E-state index in [2.05, 4.69) is 10.6 Å². The lowest BCUT2D eigenvalue weighted by molar-refractivity contribution is 0.0761. The van der Waals surface area contributed by atoms with E-state index in [0.717, 1.165) is 37.2 Å². The van der Waals surface area contributed by atoms with Crippen molar-refractivity contribution in [2.75, 3.05) is 18.4 Å². The van der Waals surface area contributed by atoms with Gasteiger partial charge in [-0.2, -0.15) is 0 Å². The SMILES string of the molecule is Cc1cccc(C(=O)NC(=S)Nc2ccc(C(=O)N3CCCCCC3)cc2)c1. The molecule has 0 unspecified atom stereocenters. The van der Waals surface area contributed by atoms with Gasteiger partial charge in [-0.1, -0.05) is 30.5 Å². The molecule has 146 valence electrons. The predicted molar refractivity (Wildman–Crippen MR) is 116 cm³/mol. The number of thiocarbonyl (C=S) groups is 1. The molecule has 1 aliphatic rings. The van der Waals surface area contributed by atoms with Crippen molar-refractivity contribution >= 4 is 34.8 Å². The van der Waals surface area contributed by atoms with Crippen molar-refractivity contribution < 1.29 is 9.59 Å². The zero-order chi connectivity index (χ0) is 19.9. The molecule has 0 saturated carbocycles. The summed E-state index contributed by atoms with van der Waals surface area (Å²) in [7, 11) is 0. The molecule has 2 aromatic carbocycles. The van der Waals surface area contributed by atoms with Crippen LogP contribution in [0.2, 0.25) is 0 Å². The molecule has 2 amide bonds. The second-order valence-electron chi connectivity index (χ2n) is 7.06. The summed E-state index contributed by atoms with van der Waals surface area (Å²) in [5.41, 5.74) is 2.96. The second-order valence-corrected chi connectivity index (χ2v) is 7.47. The van der Waals surface area contributed by atoms with Gasteiger partial charge in [-0.05, 0) is 68.4 Å². The first-order valence-corrected chi connectivity index (χ1v) is 10.0. The fourth-order valence-corrected chi connectivity index (χ4v) is 3.49. The molecule has 1 aliphatic heterocycles. The number of likely N-dealkylation sites (tertiary alicyclic amines) is 1. The van der Waals surface area contributed by atoms with E-state index < -0.39 is 0 Å². The van der Waals surface area contributed by atoms with Gasteiger partial charge >= 0.3 is 0 Å². The fraction of sp³-hybridized carbons (Fsp3) is 0.318. The Balaban J connectivity index is 1.56. The number of amides is 2. The monoisotopic (exact) mass is 395 g/mol. The van der Waals surface area contributed by atoms with Crippen LogP contribution in [0.15, 0.2) is 48.5 Å². The summed E-state index contributed by atoms with van der Waals surface area (Å²) in [6.07, 6.45) is 4.53. The van der Waals surface area contributed by atoms with E-state index in [9.17, 15) is 9.59 Å². The topological polar surface area (TPSA) is 61.4 Å². The maximum Gasteiger partial charge on any atom is 0.257 e. The maximum atomic E-state index is 12.6. The van der Waals surface area contributed by atoms with E-state index >= 15 is 0 Å². The fourth-order valence-electron chi connectivity index (χ4n) is 3.28. The maximum absolute atomic E-state index is 12.6. The van der Waals surface area contributed by atoms with Gasteiger partial charge in [0.1, 0.15) is 0 Å². The van der Waals surface area contributed by atoms with Crippen LogP contribution in [0.1, 0.15) is 52.0 Å². The molecule has 0 radical (unpaired) electrons. The Bertz CT molecular complexity index is 856. The Hall–Kier alpha value is -2.73. The quantitative estimate of drug-likeness (QED) is 0.767. The van der Waals surface area contributed by atoms with Crippen LogP contribution in [0, 0.1) is 6.92 Å². The van der Waals surface area contributed by atoms with Gasteiger partial charge in [-0.3, -0.25) is 14.9 Å². The molecule has 1 saturated heterocycles. The highest BCUT2D eigenvalue weighted by Gasteiger charge is 2.17. The summed E-state index contributed by atoms with van der Waals surface area (Å²) in [4.78, 5) is 26.8. The molecule has 0 spiro atoms. The van der Waals surface area contributed by atoms with Gasteiger partial charge in [0.15, 0.2) is 5.11 Å². The summed E-state index contributed by atoms with van der Waals surface area (Å²) in [5.74, 6) is -0.182. The zero-order valence-corrected chi connectivity index (χ0v) is 16.8. The van der Waals surface area contributed by atoms with E-state index in [1.54, 1.807) is 36.4 Å².